The van der Waals surface area contributed by atoms with Gasteiger partial charge >= 0.3 is 0 Å². The summed E-state index contributed by atoms with van der Waals surface area (Å²) in [6, 6.07) is 4.37. The van der Waals surface area contributed by atoms with Crippen LogP contribution in [-0.4, -0.2) is 52.2 Å². The number of aryl methyl sites for hydroxylation is 1. The highest BCUT2D eigenvalue weighted by Gasteiger charge is 2.27. The Hall–Kier alpha value is -2.02. The SMILES string of the molecule is CN(C)c1ccc(C2CCCN2Cc2cnn(CCF)c2)nn1. The molecule has 0 aromatic carbocycles. The fourth-order valence-corrected chi connectivity index (χ4v) is 3.03. The Morgan fingerprint density at radius 1 is 1.30 bits per heavy atom. The van der Waals surface area contributed by atoms with Crippen molar-refractivity contribution in [2.45, 2.75) is 32.0 Å². The van der Waals surface area contributed by atoms with E-state index in [1.165, 1.54) is 0 Å². The second-order valence-corrected chi connectivity index (χ2v) is 6.14. The standard InChI is InChI=1S/C16H23FN6/c1-21(2)16-6-5-14(19-20-16)15-4-3-8-22(15)11-13-10-18-23(12-13)9-7-17/h5-6,10,12,15H,3-4,7-9,11H2,1-2H3. The molecule has 0 N–H and O–H groups in total. The van der Waals surface area contributed by atoms with Gasteiger partial charge in [-0.2, -0.15) is 10.2 Å². The van der Waals surface area contributed by atoms with E-state index in [1.807, 2.05) is 37.5 Å². The van der Waals surface area contributed by atoms with Crippen LogP contribution < -0.4 is 4.90 Å². The first-order chi connectivity index (χ1) is 11.2. The topological polar surface area (TPSA) is 50.1 Å². The summed E-state index contributed by atoms with van der Waals surface area (Å²) in [7, 11) is 3.92. The van der Waals surface area contributed by atoms with Crippen molar-refractivity contribution in [1.82, 2.24) is 24.9 Å². The first-order valence-electron chi connectivity index (χ1n) is 7.99. The smallest absolute Gasteiger partial charge is 0.150 e. The van der Waals surface area contributed by atoms with Gasteiger partial charge in [0.15, 0.2) is 5.82 Å². The van der Waals surface area contributed by atoms with Gasteiger partial charge in [0.25, 0.3) is 0 Å². The van der Waals surface area contributed by atoms with E-state index in [-0.39, 0.29) is 6.67 Å². The monoisotopic (exact) mass is 318 g/mol. The molecule has 1 saturated heterocycles. The Morgan fingerprint density at radius 2 is 2.17 bits per heavy atom. The van der Waals surface area contributed by atoms with Crippen LogP contribution in [0, 0.1) is 0 Å². The molecule has 1 atom stereocenters. The minimum Gasteiger partial charge on any atom is -0.361 e. The molecule has 2 aromatic heterocycles. The van der Waals surface area contributed by atoms with E-state index in [9.17, 15) is 4.39 Å². The van der Waals surface area contributed by atoms with E-state index in [0.29, 0.717) is 12.6 Å². The maximum atomic E-state index is 12.4. The molecule has 0 bridgehead atoms. The van der Waals surface area contributed by atoms with Crippen LogP contribution in [0.5, 0.6) is 0 Å². The maximum Gasteiger partial charge on any atom is 0.150 e. The van der Waals surface area contributed by atoms with E-state index in [0.717, 1.165) is 43.0 Å². The summed E-state index contributed by atoms with van der Waals surface area (Å²) in [5, 5.41) is 12.9. The number of alkyl halides is 1. The highest BCUT2D eigenvalue weighted by Crippen LogP contribution is 2.32. The third kappa shape index (κ3) is 3.67. The first kappa shape index (κ1) is 15.9. The second-order valence-electron chi connectivity index (χ2n) is 6.14. The highest BCUT2D eigenvalue weighted by molar-refractivity contribution is 5.35. The number of hydrogen-bond acceptors (Lipinski definition) is 5. The number of hydrogen-bond donors (Lipinski definition) is 0. The molecule has 6 nitrogen and oxygen atoms in total. The van der Waals surface area contributed by atoms with Crippen molar-refractivity contribution in [3.8, 4) is 0 Å². The summed E-state index contributed by atoms with van der Waals surface area (Å²) < 4.78 is 14.0. The summed E-state index contributed by atoms with van der Waals surface area (Å²) in [5.74, 6) is 0.866. The largest absolute Gasteiger partial charge is 0.361 e. The summed E-state index contributed by atoms with van der Waals surface area (Å²) in [6.45, 7) is 1.78. The van der Waals surface area contributed by atoms with Gasteiger partial charge in [-0.1, -0.05) is 0 Å². The Bertz CT molecular complexity index is 624. The van der Waals surface area contributed by atoms with Crippen LogP contribution in [0.1, 0.15) is 30.1 Å². The van der Waals surface area contributed by atoms with E-state index in [2.05, 4.69) is 26.3 Å². The lowest BCUT2D eigenvalue weighted by Gasteiger charge is -2.23. The third-order valence-corrected chi connectivity index (χ3v) is 4.22. The lowest BCUT2D eigenvalue weighted by molar-refractivity contribution is 0.243. The number of anilines is 1. The molecule has 1 fully saturated rings. The predicted molar refractivity (Wildman–Crippen MR) is 86.9 cm³/mol. The number of likely N-dealkylation sites (tertiary alicyclic amines) is 1. The fraction of sp³-hybridized carbons (Fsp3) is 0.562. The summed E-state index contributed by atoms with van der Waals surface area (Å²) in [4.78, 5) is 4.35. The Morgan fingerprint density at radius 3 is 2.87 bits per heavy atom. The minimum absolute atomic E-state index is 0.295. The van der Waals surface area contributed by atoms with Crippen molar-refractivity contribution < 1.29 is 4.39 Å². The first-order valence-corrected chi connectivity index (χ1v) is 7.99. The van der Waals surface area contributed by atoms with E-state index in [1.54, 1.807) is 4.68 Å². The summed E-state index contributed by atoms with van der Waals surface area (Å²) in [5.41, 5.74) is 2.13. The molecule has 1 aliphatic rings. The van der Waals surface area contributed by atoms with Gasteiger partial charge in [0.1, 0.15) is 6.67 Å². The number of nitrogens with zero attached hydrogens (tertiary/aromatic N) is 6. The van der Waals surface area contributed by atoms with Gasteiger partial charge in [-0.3, -0.25) is 9.58 Å². The molecule has 2 aromatic rings. The van der Waals surface area contributed by atoms with Gasteiger partial charge in [-0.25, -0.2) is 4.39 Å². The van der Waals surface area contributed by atoms with Crippen molar-refractivity contribution in [3.63, 3.8) is 0 Å². The van der Waals surface area contributed by atoms with E-state index < -0.39 is 0 Å². The zero-order valence-electron chi connectivity index (χ0n) is 13.7. The van der Waals surface area contributed by atoms with Crippen molar-refractivity contribution >= 4 is 5.82 Å². The summed E-state index contributed by atoms with van der Waals surface area (Å²) >= 11 is 0. The average Bonchev–Trinajstić information content (AvgIpc) is 3.18. The fourth-order valence-electron chi connectivity index (χ4n) is 3.03. The second kappa shape index (κ2) is 7.04. The Kier molecular flexibility index (Phi) is 4.85. The molecule has 3 heterocycles. The normalized spacial score (nSPS) is 18.5. The van der Waals surface area contributed by atoms with Gasteiger partial charge in [0.05, 0.1) is 24.5 Å². The lowest BCUT2D eigenvalue weighted by atomic mass is 10.1. The molecule has 0 spiro atoms. The maximum absolute atomic E-state index is 12.4. The predicted octanol–water partition coefficient (Wildman–Crippen LogP) is 2.05. The molecule has 0 aliphatic carbocycles. The quantitative estimate of drug-likeness (QED) is 0.816. The van der Waals surface area contributed by atoms with Crippen LogP contribution in [0.25, 0.3) is 0 Å². The van der Waals surface area contributed by atoms with Crippen molar-refractivity contribution in [2.75, 3.05) is 32.2 Å². The van der Waals surface area contributed by atoms with Gasteiger partial charge in [-0.15, -0.1) is 5.10 Å². The highest BCUT2D eigenvalue weighted by atomic mass is 19.1. The van der Waals surface area contributed by atoms with Crippen molar-refractivity contribution in [2.24, 2.45) is 0 Å². The Labute approximate surface area is 135 Å². The molecule has 7 heteroatoms. The molecule has 0 amide bonds. The third-order valence-electron chi connectivity index (χ3n) is 4.22. The van der Waals surface area contributed by atoms with Crippen molar-refractivity contribution in [3.05, 3.63) is 35.8 Å². The molecular formula is C16H23FN6. The van der Waals surface area contributed by atoms with Gasteiger partial charge < -0.3 is 4.90 Å². The number of rotatable bonds is 6. The molecule has 1 unspecified atom stereocenters. The molecule has 23 heavy (non-hydrogen) atoms. The zero-order valence-corrected chi connectivity index (χ0v) is 13.7. The van der Waals surface area contributed by atoms with Crippen LogP contribution in [-0.2, 0) is 13.1 Å². The molecule has 0 saturated carbocycles. The lowest BCUT2D eigenvalue weighted by Crippen LogP contribution is -2.24. The summed E-state index contributed by atoms with van der Waals surface area (Å²) in [6.07, 6.45) is 6.00. The number of aromatic nitrogens is 4. The van der Waals surface area contributed by atoms with Crippen LogP contribution in [0.3, 0.4) is 0 Å². The van der Waals surface area contributed by atoms with E-state index in [4.69, 9.17) is 0 Å². The molecule has 3 rings (SSSR count). The van der Waals surface area contributed by atoms with Gasteiger partial charge in [0, 0.05) is 32.4 Å². The molecule has 1 aliphatic heterocycles. The van der Waals surface area contributed by atoms with Crippen LogP contribution in [0.15, 0.2) is 24.5 Å². The Balaban J connectivity index is 1.69. The van der Waals surface area contributed by atoms with Crippen LogP contribution in [0.2, 0.25) is 0 Å². The van der Waals surface area contributed by atoms with E-state index >= 15 is 0 Å². The van der Waals surface area contributed by atoms with Gasteiger partial charge in [-0.05, 0) is 31.5 Å². The van der Waals surface area contributed by atoms with Crippen LogP contribution in [0.4, 0.5) is 10.2 Å². The molecular weight excluding hydrogens is 295 g/mol. The molecule has 124 valence electrons. The van der Waals surface area contributed by atoms with Gasteiger partial charge in [0.2, 0.25) is 0 Å². The number of halogens is 1. The average molecular weight is 318 g/mol. The molecule has 0 radical (unpaired) electrons. The van der Waals surface area contributed by atoms with Crippen molar-refractivity contribution in [1.29, 1.82) is 0 Å². The zero-order chi connectivity index (χ0) is 16.2. The van der Waals surface area contributed by atoms with Crippen LogP contribution >= 0.6 is 0 Å². The minimum atomic E-state index is -0.388.